The fraction of sp³-hybridized carbons (Fsp3) is 0.647. The van der Waals surface area contributed by atoms with E-state index in [9.17, 15) is 0 Å². The summed E-state index contributed by atoms with van der Waals surface area (Å²) in [5.41, 5.74) is 1.06. The van der Waals surface area contributed by atoms with Crippen LogP contribution in [0.25, 0.3) is 0 Å². The minimum Gasteiger partial charge on any atom is -0.381 e. The van der Waals surface area contributed by atoms with Crippen molar-refractivity contribution >= 4 is 17.6 Å². The summed E-state index contributed by atoms with van der Waals surface area (Å²) >= 11 is 5.78. The van der Waals surface area contributed by atoms with E-state index in [2.05, 4.69) is 20.6 Å². The standard InChI is InChI=1S/C17H27ClN4O2/c1-19-17(22-12-15-3-4-16(18)21-11-15)20-7-2-8-24-13-14-5-9-23-10-6-14/h3-4,11,14H,2,5-10,12-13H2,1H3,(H2,19,20,22). The first-order valence-corrected chi connectivity index (χ1v) is 8.86. The highest BCUT2D eigenvalue weighted by molar-refractivity contribution is 6.29. The van der Waals surface area contributed by atoms with Crippen LogP contribution in [-0.4, -0.2) is 51.0 Å². The zero-order valence-electron chi connectivity index (χ0n) is 14.3. The molecule has 0 amide bonds. The third-order valence-corrected chi connectivity index (χ3v) is 4.15. The quantitative estimate of drug-likeness (QED) is 0.324. The molecule has 1 fully saturated rings. The molecule has 2 N–H and O–H groups in total. The van der Waals surface area contributed by atoms with Crippen molar-refractivity contribution in [1.82, 2.24) is 15.6 Å². The van der Waals surface area contributed by atoms with Crippen LogP contribution in [0.3, 0.4) is 0 Å². The summed E-state index contributed by atoms with van der Waals surface area (Å²) in [5, 5.41) is 7.03. The van der Waals surface area contributed by atoms with E-state index in [1.54, 1.807) is 19.3 Å². The molecule has 0 aliphatic carbocycles. The zero-order valence-corrected chi connectivity index (χ0v) is 15.0. The lowest BCUT2D eigenvalue weighted by Crippen LogP contribution is -2.37. The summed E-state index contributed by atoms with van der Waals surface area (Å²) in [6.45, 7) is 4.85. The van der Waals surface area contributed by atoms with E-state index < -0.39 is 0 Å². The third kappa shape index (κ3) is 7.47. The van der Waals surface area contributed by atoms with Gasteiger partial charge in [-0.25, -0.2) is 4.98 Å². The van der Waals surface area contributed by atoms with Crippen LogP contribution in [0, 0.1) is 5.92 Å². The molecule has 6 nitrogen and oxygen atoms in total. The highest BCUT2D eigenvalue weighted by atomic mass is 35.5. The molecule has 1 aromatic heterocycles. The number of halogens is 1. The first-order valence-electron chi connectivity index (χ1n) is 8.48. The Morgan fingerprint density at radius 2 is 2.21 bits per heavy atom. The number of hydrogen-bond acceptors (Lipinski definition) is 4. The Balaban J connectivity index is 1.52. The lowest BCUT2D eigenvalue weighted by molar-refractivity contribution is 0.0203. The topological polar surface area (TPSA) is 67.8 Å². The molecule has 7 heteroatoms. The molecule has 2 rings (SSSR count). The molecule has 0 spiro atoms. The average molecular weight is 355 g/mol. The maximum Gasteiger partial charge on any atom is 0.191 e. The molecular weight excluding hydrogens is 328 g/mol. The van der Waals surface area contributed by atoms with Crippen molar-refractivity contribution in [2.45, 2.75) is 25.8 Å². The van der Waals surface area contributed by atoms with Crippen LogP contribution in [-0.2, 0) is 16.0 Å². The van der Waals surface area contributed by atoms with Gasteiger partial charge in [0.15, 0.2) is 5.96 Å². The van der Waals surface area contributed by atoms with E-state index in [1.165, 1.54) is 0 Å². The normalized spacial score (nSPS) is 16.2. The molecule has 0 aromatic carbocycles. The van der Waals surface area contributed by atoms with Crippen molar-refractivity contribution in [3.63, 3.8) is 0 Å². The molecule has 24 heavy (non-hydrogen) atoms. The van der Waals surface area contributed by atoms with Crippen molar-refractivity contribution in [1.29, 1.82) is 0 Å². The number of aromatic nitrogens is 1. The third-order valence-electron chi connectivity index (χ3n) is 3.92. The maximum atomic E-state index is 5.78. The Morgan fingerprint density at radius 1 is 1.38 bits per heavy atom. The largest absolute Gasteiger partial charge is 0.381 e. The number of rotatable bonds is 8. The van der Waals surface area contributed by atoms with Crippen LogP contribution in [0.15, 0.2) is 23.3 Å². The molecule has 2 heterocycles. The maximum absolute atomic E-state index is 5.78. The number of pyridine rings is 1. The minimum atomic E-state index is 0.502. The summed E-state index contributed by atoms with van der Waals surface area (Å²) < 4.78 is 11.1. The van der Waals surface area contributed by atoms with E-state index in [0.717, 1.165) is 63.8 Å². The van der Waals surface area contributed by atoms with Crippen molar-refractivity contribution in [3.05, 3.63) is 29.0 Å². The van der Waals surface area contributed by atoms with E-state index in [-0.39, 0.29) is 0 Å². The van der Waals surface area contributed by atoms with Crippen molar-refractivity contribution in [2.75, 3.05) is 40.0 Å². The van der Waals surface area contributed by atoms with Crippen LogP contribution in [0.5, 0.6) is 0 Å². The van der Waals surface area contributed by atoms with Gasteiger partial charge in [0.1, 0.15) is 5.15 Å². The Kier molecular flexibility index (Phi) is 8.87. The first-order chi connectivity index (χ1) is 11.8. The number of nitrogens with zero attached hydrogens (tertiary/aromatic N) is 2. The predicted molar refractivity (Wildman–Crippen MR) is 96.4 cm³/mol. The summed E-state index contributed by atoms with van der Waals surface area (Å²) in [5.74, 6) is 1.43. The number of ether oxygens (including phenoxy) is 2. The Hall–Kier alpha value is -1.37. The fourth-order valence-electron chi connectivity index (χ4n) is 2.46. The van der Waals surface area contributed by atoms with Crippen LogP contribution < -0.4 is 10.6 Å². The molecule has 1 aliphatic rings. The van der Waals surface area contributed by atoms with Crippen LogP contribution in [0.4, 0.5) is 0 Å². The second-order valence-electron chi connectivity index (χ2n) is 5.83. The van der Waals surface area contributed by atoms with Crippen molar-refractivity contribution in [3.8, 4) is 0 Å². The van der Waals surface area contributed by atoms with E-state index in [4.69, 9.17) is 21.1 Å². The smallest absolute Gasteiger partial charge is 0.191 e. The van der Waals surface area contributed by atoms with Gasteiger partial charge in [0.25, 0.3) is 0 Å². The molecule has 1 saturated heterocycles. The summed E-state index contributed by atoms with van der Waals surface area (Å²) in [7, 11) is 1.76. The van der Waals surface area contributed by atoms with Gasteiger partial charge in [-0.15, -0.1) is 0 Å². The van der Waals surface area contributed by atoms with Crippen molar-refractivity contribution < 1.29 is 9.47 Å². The number of hydrogen-bond donors (Lipinski definition) is 2. The summed E-state index contributed by atoms with van der Waals surface area (Å²) in [6.07, 6.45) is 4.95. The Labute approximate surface area is 149 Å². The Morgan fingerprint density at radius 3 is 2.92 bits per heavy atom. The Bertz CT molecular complexity index is 490. The van der Waals surface area contributed by atoms with Gasteiger partial charge in [-0.3, -0.25) is 4.99 Å². The molecular formula is C17H27ClN4O2. The highest BCUT2D eigenvalue weighted by Gasteiger charge is 2.13. The van der Waals surface area contributed by atoms with E-state index in [0.29, 0.717) is 17.6 Å². The second kappa shape index (κ2) is 11.2. The second-order valence-corrected chi connectivity index (χ2v) is 6.21. The summed E-state index contributed by atoms with van der Waals surface area (Å²) in [4.78, 5) is 8.26. The number of aliphatic imine (C=N–C) groups is 1. The van der Waals surface area contributed by atoms with Gasteiger partial charge in [0.05, 0.1) is 0 Å². The molecule has 0 saturated carbocycles. The van der Waals surface area contributed by atoms with Crippen LogP contribution >= 0.6 is 11.6 Å². The van der Waals surface area contributed by atoms with Crippen LogP contribution in [0.1, 0.15) is 24.8 Å². The van der Waals surface area contributed by atoms with E-state index >= 15 is 0 Å². The molecule has 1 aliphatic heterocycles. The van der Waals surface area contributed by atoms with Gasteiger partial charge in [0.2, 0.25) is 0 Å². The lowest BCUT2D eigenvalue weighted by Gasteiger charge is -2.21. The van der Waals surface area contributed by atoms with Gasteiger partial charge in [0, 0.05) is 52.8 Å². The number of nitrogens with one attached hydrogen (secondary N) is 2. The zero-order chi connectivity index (χ0) is 17.0. The van der Waals surface area contributed by atoms with Gasteiger partial charge in [-0.1, -0.05) is 17.7 Å². The first kappa shape index (κ1) is 19.0. The minimum absolute atomic E-state index is 0.502. The fourth-order valence-corrected chi connectivity index (χ4v) is 2.57. The average Bonchev–Trinajstić information content (AvgIpc) is 2.63. The van der Waals surface area contributed by atoms with Gasteiger partial charge < -0.3 is 20.1 Å². The van der Waals surface area contributed by atoms with E-state index in [1.807, 2.05) is 6.07 Å². The molecule has 0 unspecified atom stereocenters. The molecule has 0 bridgehead atoms. The highest BCUT2D eigenvalue weighted by Crippen LogP contribution is 2.14. The SMILES string of the molecule is CN=C(NCCCOCC1CCOCC1)NCc1ccc(Cl)nc1. The predicted octanol–water partition coefficient (Wildman–Crippen LogP) is 2.23. The van der Waals surface area contributed by atoms with Crippen LogP contribution in [0.2, 0.25) is 5.15 Å². The number of guanidine groups is 1. The monoisotopic (exact) mass is 354 g/mol. The molecule has 0 atom stereocenters. The van der Waals surface area contributed by atoms with Gasteiger partial charge >= 0.3 is 0 Å². The molecule has 0 radical (unpaired) electrons. The van der Waals surface area contributed by atoms with Gasteiger partial charge in [-0.05, 0) is 36.8 Å². The summed E-state index contributed by atoms with van der Waals surface area (Å²) in [6, 6.07) is 3.73. The van der Waals surface area contributed by atoms with Gasteiger partial charge in [-0.2, -0.15) is 0 Å². The lowest BCUT2D eigenvalue weighted by atomic mass is 10.0. The molecule has 1 aromatic rings. The molecule has 134 valence electrons. The van der Waals surface area contributed by atoms with Crippen molar-refractivity contribution in [2.24, 2.45) is 10.9 Å².